The van der Waals surface area contributed by atoms with Gasteiger partial charge in [-0.1, -0.05) is 59.6 Å². The minimum Gasteiger partial charge on any atom is -0.308 e. The van der Waals surface area contributed by atoms with E-state index in [1.807, 2.05) is 61.5 Å². The fourth-order valence-corrected chi connectivity index (χ4v) is 5.05. The predicted octanol–water partition coefficient (Wildman–Crippen LogP) is 8.60. The van der Waals surface area contributed by atoms with Gasteiger partial charge in [-0.15, -0.1) is 0 Å². The first kappa shape index (κ1) is 25.6. The number of fused-ring (bicyclic) bond motifs is 1. The Morgan fingerprint density at radius 2 is 1.32 bits per heavy atom. The van der Waals surface area contributed by atoms with Crippen LogP contribution in [0.1, 0.15) is 24.9 Å². The van der Waals surface area contributed by atoms with Crippen molar-refractivity contribution in [2.45, 2.75) is 25.4 Å². The van der Waals surface area contributed by atoms with Crippen LogP contribution in [0, 0.1) is 0 Å². The molecule has 2 atom stereocenters. The largest absolute Gasteiger partial charge is 0.326 e. The van der Waals surface area contributed by atoms with Crippen LogP contribution in [-0.2, 0) is 0 Å². The van der Waals surface area contributed by atoms with Crippen LogP contribution in [0.2, 0.25) is 10.0 Å². The van der Waals surface area contributed by atoms with Crippen LogP contribution in [0.25, 0.3) is 0 Å². The van der Waals surface area contributed by atoms with E-state index in [-0.39, 0.29) is 24.1 Å². The zero-order chi connectivity index (χ0) is 26.6. The van der Waals surface area contributed by atoms with E-state index in [9.17, 15) is 9.59 Å². The van der Waals surface area contributed by atoms with Gasteiger partial charge < -0.3 is 10.6 Å². The number of carbonyl (C=O) groups is 2. The lowest BCUT2D eigenvalue weighted by atomic mass is 9.90. The maximum Gasteiger partial charge on any atom is 0.326 e. The summed E-state index contributed by atoms with van der Waals surface area (Å²) < 4.78 is 0. The number of urea groups is 2. The maximum absolute atomic E-state index is 13.8. The van der Waals surface area contributed by atoms with Crippen LogP contribution in [-0.4, -0.2) is 18.1 Å². The number of carbonyl (C=O) groups excluding carboxylic acids is 2. The van der Waals surface area contributed by atoms with Crippen molar-refractivity contribution in [3.63, 3.8) is 0 Å². The van der Waals surface area contributed by atoms with E-state index in [2.05, 4.69) is 10.6 Å². The molecule has 0 radical (unpaired) electrons. The van der Waals surface area contributed by atoms with Crippen molar-refractivity contribution < 1.29 is 9.59 Å². The highest BCUT2D eigenvalue weighted by Gasteiger charge is 2.38. The van der Waals surface area contributed by atoms with Gasteiger partial charge in [-0.2, -0.15) is 0 Å². The second-order valence-corrected chi connectivity index (χ2v) is 9.98. The lowest BCUT2D eigenvalue weighted by Gasteiger charge is -2.43. The Hall–Kier alpha value is -4.00. The summed E-state index contributed by atoms with van der Waals surface area (Å²) in [7, 11) is 0. The Balaban J connectivity index is 1.49. The van der Waals surface area contributed by atoms with Gasteiger partial charge in [0, 0.05) is 33.1 Å². The molecule has 6 nitrogen and oxygen atoms in total. The molecule has 5 rings (SSSR count). The highest BCUT2D eigenvalue weighted by molar-refractivity contribution is 6.31. The van der Waals surface area contributed by atoms with Crippen molar-refractivity contribution in [1.29, 1.82) is 0 Å². The van der Waals surface area contributed by atoms with Gasteiger partial charge in [0.1, 0.15) is 0 Å². The number of benzene rings is 4. The van der Waals surface area contributed by atoms with Crippen molar-refractivity contribution in [3.8, 4) is 0 Å². The normalized spacial score (nSPS) is 16.3. The van der Waals surface area contributed by atoms with Crippen LogP contribution in [0.5, 0.6) is 0 Å². The number of hydrogen-bond donors (Lipinski definition) is 2. The number of hydrogen-bond acceptors (Lipinski definition) is 2. The highest BCUT2D eigenvalue weighted by Crippen LogP contribution is 2.42. The Kier molecular flexibility index (Phi) is 7.54. The molecular weight excluding hydrogens is 519 g/mol. The number of halogens is 2. The lowest BCUT2D eigenvalue weighted by Crippen LogP contribution is -2.49. The van der Waals surface area contributed by atoms with Gasteiger partial charge in [0.05, 0.1) is 11.7 Å². The van der Waals surface area contributed by atoms with Crippen LogP contribution in [0.15, 0.2) is 103 Å². The van der Waals surface area contributed by atoms with Crippen molar-refractivity contribution in [2.24, 2.45) is 0 Å². The summed E-state index contributed by atoms with van der Waals surface area (Å²) in [5.41, 5.74) is 3.68. The standard InChI is InChI=1S/C30H26Cl2N4O2/c1-20-19-28(36(25-7-3-2-4-8-25)30(38)34-24-17-13-22(32)14-18-24)26-9-5-6-10-27(26)35(20)29(37)33-23-15-11-21(31)12-16-23/h2-18,20,28H,19H2,1H3,(H,33,37)(H,34,38)/t20-,28-/m1/s1. The summed E-state index contributed by atoms with van der Waals surface area (Å²) in [4.78, 5) is 30.7. The van der Waals surface area contributed by atoms with Gasteiger partial charge in [-0.25, -0.2) is 9.59 Å². The smallest absolute Gasteiger partial charge is 0.308 e. The first-order chi connectivity index (χ1) is 18.4. The Labute approximate surface area is 231 Å². The molecule has 1 aliphatic heterocycles. The van der Waals surface area contributed by atoms with Crippen molar-refractivity contribution in [2.75, 3.05) is 20.4 Å². The zero-order valence-electron chi connectivity index (χ0n) is 20.6. The van der Waals surface area contributed by atoms with Crippen LogP contribution >= 0.6 is 23.2 Å². The molecule has 1 aliphatic rings. The molecule has 4 aromatic carbocycles. The summed E-state index contributed by atoms with van der Waals surface area (Å²) in [6.45, 7) is 1.99. The van der Waals surface area contributed by atoms with E-state index in [4.69, 9.17) is 23.2 Å². The summed E-state index contributed by atoms with van der Waals surface area (Å²) >= 11 is 12.0. The number of anilines is 4. The highest BCUT2D eigenvalue weighted by atomic mass is 35.5. The fourth-order valence-electron chi connectivity index (χ4n) is 4.80. The monoisotopic (exact) mass is 544 g/mol. The minimum absolute atomic E-state index is 0.197. The molecule has 4 amide bonds. The maximum atomic E-state index is 13.8. The van der Waals surface area contributed by atoms with E-state index < -0.39 is 0 Å². The average Bonchev–Trinajstić information content (AvgIpc) is 2.92. The SMILES string of the molecule is C[C@@H]1C[C@@H](N(C(=O)Nc2ccc(Cl)cc2)c2ccccc2)c2ccccc2N1C(=O)Nc1ccc(Cl)cc1. The molecule has 0 fully saturated rings. The average molecular weight is 545 g/mol. The van der Waals surface area contributed by atoms with Crippen LogP contribution in [0.4, 0.5) is 32.3 Å². The van der Waals surface area contributed by atoms with E-state index in [0.717, 1.165) is 16.9 Å². The molecule has 8 heteroatoms. The molecule has 0 unspecified atom stereocenters. The van der Waals surface area contributed by atoms with Gasteiger partial charge >= 0.3 is 12.1 Å². The zero-order valence-corrected chi connectivity index (χ0v) is 22.2. The van der Waals surface area contributed by atoms with E-state index in [0.29, 0.717) is 27.8 Å². The molecule has 1 heterocycles. The number of para-hydroxylation sites is 2. The van der Waals surface area contributed by atoms with Gasteiger partial charge in [0.15, 0.2) is 0 Å². The molecule has 0 bridgehead atoms. The summed E-state index contributed by atoms with van der Waals surface area (Å²) in [5, 5.41) is 7.17. The third-order valence-corrected chi connectivity index (χ3v) is 7.04. The third kappa shape index (κ3) is 5.47. The predicted molar refractivity (Wildman–Crippen MR) is 156 cm³/mol. The van der Waals surface area contributed by atoms with Gasteiger partial charge in [-0.05, 0) is 85.6 Å². The first-order valence-corrected chi connectivity index (χ1v) is 13.0. The third-order valence-electron chi connectivity index (χ3n) is 6.54. The molecular formula is C30H26Cl2N4O2. The number of nitrogens with one attached hydrogen (secondary N) is 2. The van der Waals surface area contributed by atoms with E-state index in [1.54, 1.807) is 58.3 Å². The quantitative estimate of drug-likeness (QED) is 0.270. The molecule has 0 spiro atoms. The number of amides is 4. The van der Waals surface area contributed by atoms with Gasteiger partial charge in [0.2, 0.25) is 0 Å². The molecule has 0 aromatic heterocycles. The van der Waals surface area contributed by atoms with Crippen molar-refractivity contribution in [3.05, 3.63) is 119 Å². The summed E-state index contributed by atoms with van der Waals surface area (Å²) in [5.74, 6) is 0. The van der Waals surface area contributed by atoms with Crippen molar-refractivity contribution >= 4 is 58.0 Å². The second kappa shape index (κ2) is 11.2. The molecule has 0 aliphatic carbocycles. The van der Waals surface area contributed by atoms with Gasteiger partial charge in [-0.3, -0.25) is 9.80 Å². The molecule has 4 aromatic rings. The van der Waals surface area contributed by atoms with E-state index in [1.165, 1.54) is 0 Å². The summed E-state index contributed by atoms with van der Waals surface area (Å²) in [6, 6.07) is 30.2. The molecule has 38 heavy (non-hydrogen) atoms. The molecule has 0 saturated carbocycles. The van der Waals surface area contributed by atoms with E-state index >= 15 is 0 Å². The topological polar surface area (TPSA) is 64.7 Å². The second-order valence-electron chi connectivity index (χ2n) is 9.11. The minimum atomic E-state index is -0.310. The molecule has 0 saturated heterocycles. The Bertz CT molecular complexity index is 1430. The number of nitrogens with zero attached hydrogens (tertiary/aromatic N) is 2. The summed E-state index contributed by atoms with van der Waals surface area (Å²) in [6.07, 6.45) is 0.536. The lowest BCUT2D eigenvalue weighted by molar-refractivity contribution is 0.251. The fraction of sp³-hybridized carbons (Fsp3) is 0.133. The molecule has 2 N–H and O–H groups in total. The van der Waals surface area contributed by atoms with Gasteiger partial charge in [0.25, 0.3) is 0 Å². The first-order valence-electron chi connectivity index (χ1n) is 12.3. The Morgan fingerprint density at radius 3 is 1.95 bits per heavy atom. The van der Waals surface area contributed by atoms with Crippen molar-refractivity contribution in [1.82, 2.24) is 0 Å². The van der Waals surface area contributed by atoms with Crippen LogP contribution in [0.3, 0.4) is 0 Å². The van der Waals surface area contributed by atoms with Crippen LogP contribution < -0.4 is 20.4 Å². The number of rotatable bonds is 4. The molecule has 192 valence electrons. The Morgan fingerprint density at radius 1 is 0.763 bits per heavy atom.